The molecule has 1 aromatic heterocycles. The third-order valence-corrected chi connectivity index (χ3v) is 4.28. The second-order valence-corrected chi connectivity index (χ2v) is 6.29. The fraction of sp³-hybridized carbons (Fsp3) is 0.316. The Hall–Kier alpha value is -2.96. The van der Waals surface area contributed by atoms with E-state index in [1.165, 1.54) is 29.2 Å². The minimum atomic E-state index is -0.374. The van der Waals surface area contributed by atoms with E-state index in [1.54, 1.807) is 25.4 Å². The highest BCUT2D eigenvalue weighted by Crippen LogP contribution is 2.22. The van der Waals surface area contributed by atoms with Crippen LogP contribution in [0.25, 0.3) is 0 Å². The first-order valence-corrected chi connectivity index (χ1v) is 8.55. The van der Waals surface area contributed by atoms with Crippen molar-refractivity contribution in [3.05, 3.63) is 54.0 Å². The Labute approximate surface area is 151 Å². The maximum Gasteiger partial charge on any atom is 0.257 e. The van der Waals surface area contributed by atoms with Gasteiger partial charge in [0.15, 0.2) is 0 Å². The molecule has 1 aromatic carbocycles. The summed E-state index contributed by atoms with van der Waals surface area (Å²) in [4.78, 5) is 32.8. The lowest BCUT2D eigenvalue weighted by Crippen LogP contribution is -2.36. The van der Waals surface area contributed by atoms with Crippen LogP contribution in [-0.4, -0.2) is 48.4 Å². The molecule has 1 saturated heterocycles. The number of amides is 2. The summed E-state index contributed by atoms with van der Waals surface area (Å²) in [6.45, 7) is 1.66. The van der Waals surface area contributed by atoms with Crippen molar-refractivity contribution in [2.45, 2.75) is 12.8 Å². The second kappa shape index (κ2) is 7.95. The van der Waals surface area contributed by atoms with Gasteiger partial charge in [0, 0.05) is 32.0 Å². The van der Waals surface area contributed by atoms with Crippen molar-refractivity contribution in [2.24, 2.45) is 0 Å². The molecule has 1 N–H and O–H groups in total. The zero-order valence-electron chi connectivity index (χ0n) is 14.6. The van der Waals surface area contributed by atoms with E-state index in [9.17, 15) is 14.0 Å². The average Bonchev–Trinajstić information content (AvgIpc) is 3.17. The summed E-state index contributed by atoms with van der Waals surface area (Å²) in [5, 5.41) is 2.65. The van der Waals surface area contributed by atoms with E-state index in [-0.39, 0.29) is 24.2 Å². The lowest BCUT2D eigenvalue weighted by molar-refractivity contribution is -0.116. The minimum Gasteiger partial charge on any atom is -0.356 e. The van der Waals surface area contributed by atoms with Crippen LogP contribution in [0.5, 0.6) is 0 Å². The minimum absolute atomic E-state index is 0.107. The molecule has 0 saturated carbocycles. The summed E-state index contributed by atoms with van der Waals surface area (Å²) in [5.41, 5.74) is 0.975. The first-order chi connectivity index (χ1) is 12.5. The molecule has 0 spiro atoms. The van der Waals surface area contributed by atoms with E-state index in [4.69, 9.17) is 0 Å². The van der Waals surface area contributed by atoms with Crippen molar-refractivity contribution < 1.29 is 14.0 Å². The van der Waals surface area contributed by atoms with Gasteiger partial charge in [-0.15, -0.1) is 0 Å². The topological polar surface area (TPSA) is 65.5 Å². The van der Waals surface area contributed by atoms with E-state index >= 15 is 0 Å². The van der Waals surface area contributed by atoms with Crippen molar-refractivity contribution in [2.75, 3.05) is 36.9 Å². The SMILES string of the molecule is CN(CC(=O)Nc1ccc(F)cc1)C(=O)c1cccnc1N1CCCC1. The lowest BCUT2D eigenvalue weighted by Gasteiger charge is -2.22. The fourth-order valence-corrected chi connectivity index (χ4v) is 2.97. The van der Waals surface area contributed by atoms with Crippen LogP contribution in [0.1, 0.15) is 23.2 Å². The Morgan fingerprint density at radius 2 is 1.88 bits per heavy atom. The molecule has 3 rings (SSSR count). The zero-order valence-corrected chi connectivity index (χ0v) is 14.6. The van der Waals surface area contributed by atoms with Crippen molar-refractivity contribution in [1.82, 2.24) is 9.88 Å². The molecular weight excluding hydrogens is 335 g/mol. The molecule has 0 bridgehead atoms. The summed E-state index contributed by atoms with van der Waals surface area (Å²) in [6.07, 6.45) is 3.84. The number of likely N-dealkylation sites (N-methyl/N-ethyl adjacent to an activating group) is 1. The van der Waals surface area contributed by atoms with Crippen LogP contribution in [0, 0.1) is 5.82 Å². The normalized spacial score (nSPS) is 13.5. The van der Waals surface area contributed by atoms with Gasteiger partial charge in [-0.3, -0.25) is 9.59 Å². The summed E-state index contributed by atoms with van der Waals surface area (Å²) in [7, 11) is 1.58. The van der Waals surface area contributed by atoms with Crippen LogP contribution in [0.3, 0.4) is 0 Å². The van der Waals surface area contributed by atoms with E-state index < -0.39 is 0 Å². The Kier molecular flexibility index (Phi) is 5.46. The lowest BCUT2D eigenvalue weighted by atomic mass is 10.2. The van der Waals surface area contributed by atoms with Crippen molar-refractivity contribution in [3.63, 3.8) is 0 Å². The van der Waals surface area contributed by atoms with Gasteiger partial charge in [0.05, 0.1) is 12.1 Å². The summed E-state index contributed by atoms with van der Waals surface area (Å²) in [6, 6.07) is 8.94. The number of anilines is 2. The van der Waals surface area contributed by atoms with Crippen LogP contribution < -0.4 is 10.2 Å². The number of benzene rings is 1. The van der Waals surface area contributed by atoms with Gasteiger partial charge in [0.25, 0.3) is 5.91 Å². The number of pyridine rings is 1. The number of hydrogen-bond acceptors (Lipinski definition) is 4. The Balaban J connectivity index is 1.66. The first-order valence-electron chi connectivity index (χ1n) is 8.55. The van der Waals surface area contributed by atoms with Crippen LogP contribution in [0.2, 0.25) is 0 Å². The van der Waals surface area contributed by atoms with Gasteiger partial charge in [-0.05, 0) is 49.2 Å². The molecule has 1 aliphatic rings. The molecule has 0 unspecified atom stereocenters. The van der Waals surface area contributed by atoms with Crippen LogP contribution in [-0.2, 0) is 4.79 Å². The number of hydrogen-bond donors (Lipinski definition) is 1. The number of nitrogens with one attached hydrogen (secondary N) is 1. The average molecular weight is 356 g/mol. The Morgan fingerprint density at radius 1 is 1.19 bits per heavy atom. The van der Waals surface area contributed by atoms with Crippen molar-refractivity contribution in [1.29, 1.82) is 0 Å². The highest BCUT2D eigenvalue weighted by Gasteiger charge is 2.23. The molecular formula is C19H21FN4O2. The molecule has 7 heteroatoms. The maximum absolute atomic E-state index is 12.9. The van der Waals surface area contributed by atoms with Crippen molar-refractivity contribution in [3.8, 4) is 0 Å². The molecule has 2 aromatic rings. The zero-order chi connectivity index (χ0) is 18.5. The summed E-state index contributed by atoms with van der Waals surface area (Å²) < 4.78 is 12.9. The first kappa shape index (κ1) is 17.8. The number of carbonyl (C=O) groups is 2. The third-order valence-electron chi connectivity index (χ3n) is 4.28. The largest absolute Gasteiger partial charge is 0.356 e. The summed E-state index contributed by atoms with van der Waals surface area (Å²) in [5.74, 6) is -0.310. The number of nitrogens with zero attached hydrogens (tertiary/aromatic N) is 3. The predicted molar refractivity (Wildman–Crippen MR) is 97.7 cm³/mol. The Bertz CT molecular complexity index is 788. The molecule has 0 radical (unpaired) electrons. The molecule has 136 valence electrons. The molecule has 1 fully saturated rings. The van der Waals surface area contributed by atoms with Gasteiger partial charge in [-0.2, -0.15) is 0 Å². The molecule has 0 atom stereocenters. The number of halogens is 1. The monoisotopic (exact) mass is 356 g/mol. The highest BCUT2D eigenvalue weighted by molar-refractivity contribution is 6.02. The standard InChI is InChI=1S/C19H21FN4O2/c1-23(13-17(25)22-15-8-6-14(20)7-9-15)19(26)16-5-4-10-21-18(16)24-11-2-3-12-24/h4-10H,2-3,11-13H2,1H3,(H,22,25). The molecule has 26 heavy (non-hydrogen) atoms. The van der Waals surface area contributed by atoms with Crippen LogP contribution in [0.15, 0.2) is 42.6 Å². The highest BCUT2D eigenvalue weighted by atomic mass is 19.1. The van der Waals surface area contributed by atoms with Gasteiger partial charge >= 0.3 is 0 Å². The van der Waals surface area contributed by atoms with E-state index in [0.717, 1.165) is 25.9 Å². The second-order valence-electron chi connectivity index (χ2n) is 6.29. The van der Waals surface area contributed by atoms with E-state index in [2.05, 4.69) is 15.2 Å². The third kappa shape index (κ3) is 4.17. The van der Waals surface area contributed by atoms with Gasteiger partial charge in [0.1, 0.15) is 11.6 Å². The number of rotatable bonds is 5. The molecule has 2 heterocycles. The molecule has 6 nitrogen and oxygen atoms in total. The predicted octanol–water partition coefficient (Wildman–Crippen LogP) is 2.53. The number of carbonyl (C=O) groups excluding carboxylic acids is 2. The molecule has 0 aliphatic carbocycles. The van der Waals surface area contributed by atoms with E-state index in [0.29, 0.717) is 17.1 Å². The fourth-order valence-electron chi connectivity index (χ4n) is 2.97. The summed E-state index contributed by atoms with van der Waals surface area (Å²) >= 11 is 0. The van der Waals surface area contributed by atoms with E-state index in [1.807, 2.05) is 0 Å². The molecule has 2 amide bonds. The quantitative estimate of drug-likeness (QED) is 0.894. The molecule has 1 aliphatic heterocycles. The maximum atomic E-state index is 12.9. The van der Waals surface area contributed by atoms with Gasteiger partial charge < -0.3 is 15.1 Å². The van der Waals surface area contributed by atoms with Gasteiger partial charge in [0.2, 0.25) is 5.91 Å². The smallest absolute Gasteiger partial charge is 0.257 e. The Morgan fingerprint density at radius 3 is 2.58 bits per heavy atom. The van der Waals surface area contributed by atoms with Gasteiger partial charge in [-0.25, -0.2) is 9.37 Å². The van der Waals surface area contributed by atoms with Crippen molar-refractivity contribution >= 4 is 23.3 Å². The van der Waals surface area contributed by atoms with Gasteiger partial charge in [-0.1, -0.05) is 0 Å². The van der Waals surface area contributed by atoms with Crippen LogP contribution in [0.4, 0.5) is 15.9 Å². The van der Waals surface area contributed by atoms with Crippen LogP contribution >= 0.6 is 0 Å². The number of aromatic nitrogens is 1.